The molecule has 0 saturated carbocycles. The third-order valence-electron chi connectivity index (χ3n) is 8.10. The number of ether oxygens (including phenoxy) is 5. The Bertz CT molecular complexity index is 922. The van der Waals surface area contributed by atoms with Crippen LogP contribution in [0.1, 0.15) is 31.7 Å². The molecule has 0 aromatic heterocycles. The van der Waals surface area contributed by atoms with Gasteiger partial charge in [-0.1, -0.05) is 19.4 Å². The average Bonchev–Trinajstić information content (AvgIpc) is 3.17. The second-order valence-corrected chi connectivity index (χ2v) is 9.37. The van der Waals surface area contributed by atoms with Crippen LogP contribution in [0.25, 0.3) is 0 Å². The number of fused-ring (bicyclic) bond motifs is 2. The van der Waals surface area contributed by atoms with Crippen LogP contribution in [0.3, 0.4) is 0 Å². The number of methoxy groups -OCH3 is 2. The van der Waals surface area contributed by atoms with Crippen molar-refractivity contribution in [1.82, 2.24) is 4.90 Å². The van der Waals surface area contributed by atoms with Gasteiger partial charge in [-0.05, 0) is 36.8 Å². The van der Waals surface area contributed by atoms with Crippen LogP contribution < -0.4 is 10.1 Å². The van der Waals surface area contributed by atoms with Gasteiger partial charge in [-0.15, -0.1) is 0 Å². The molecule has 180 valence electrons. The number of hydrogen-bond acceptors (Lipinski definition) is 8. The number of nitrogens with one attached hydrogen (secondary N) is 1. The highest BCUT2D eigenvalue weighted by Crippen LogP contribution is 2.61. The highest BCUT2D eigenvalue weighted by atomic mass is 16.6. The molecule has 0 spiro atoms. The van der Waals surface area contributed by atoms with E-state index in [1.165, 1.54) is 0 Å². The Morgan fingerprint density at radius 1 is 1.30 bits per heavy atom. The molecular weight excluding hydrogens is 424 g/mol. The highest BCUT2D eigenvalue weighted by molar-refractivity contribution is 5.69. The van der Waals surface area contributed by atoms with Crippen LogP contribution in [0.5, 0.6) is 5.75 Å². The lowest BCUT2D eigenvalue weighted by Crippen LogP contribution is -2.75. The van der Waals surface area contributed by atoms with Gasteiger partial charge in [0.25, 0.3) is 6.47 Å². The number of nitrogens with zero attached hydrogens (tertiary/aromatic N) is 1. The Hall–Kier alpha value is -2.29. The molecule has 1 aromatic rings. The van der Waals surface area contributed by atoms with Crippen LogP contribution >= 0.6 is 0 Å². The summed E-state index contributed by atoms with van der Waals surface area (Å²) in [5.74, 6) is 1.47. The molecule has 0 unspecified atom stereocenters. The molecule has 4 aliphatic rings. The SMILES string of the molecule is CC[C@@H]1CN2CC[C@@]34OCCO[C@@]3(Nc3cccc(OC)c34)[C@@H]2C[C@@H]1C(=COC)COC=O. The van der Waals surface area contributed by atoms with Gasteiger partial charge in [-0.25, -0.2) is 0 Å². The minimum atomic E-state index is -0.707. The maximum Gasteiger partial charge on any atom is 0.293 e. The van der Waals surface area contributed by atoms with Crippen molar-refractivity contribution in [2.45, 2.75) is 43.6 Å². The first kappa shape index (κ1) is 22.5. The van der Waals surface area contributed by atoms with E-state index >= 15 is 0 Å². The van der Waals surface area contributed by atoms with Gasteiger partial charge >= 0.3 is 0 Å². The first-order valence-corrected chi connectivity index (χ1v) is 11.9. The summed E-state index contributed by atoms with van der Waals surface area (Å²) in [6.45, 7) is 5.93. The summed E-state index contributed by atoms with van der Waals surface area (Å²) >= 11 is 0. The van der Waals surface area contributed by atoms with Crippen molar-refractivity contribution in [3.05, 3.63) is 35.6 Å². The molecule has 0 aliphatic carbocycles. The van der Waals surface area contributed by atoms with Gasteiger partial charge < -0.3 is 29.0 Å². The Morgan fingerprint density at radius 3 is 2.91 bits per heavy atom. The van der Waals surface area contributed by atoms with Crippen molar-refractivity contribution < 1.29 is 28.5 Å². The van der Waals surface area contributed by atoms with Gasteiger partial charge in [0.1, 0.15) is 18.0 Å². The van der Waals surface area contributed by atoms with Crippen LogP contribution in [-0.2, 0) is 29.3 Å². The van der Waals surface area contributed by atoms with Crippen LogP contribution in [0.4, 0.5) is 5.69 Å². The van der Waals surface area contributed by atoms with Crippen molar-refractivity contribution >= 4 is 12.2 Å². The maximum absolute atomic E-state index is 10.9. The number of carbonyl (C=O) groups excluding carboxylic acids is 1. The Kier molecular flexibility index (Phi) is 6.01. The minimum absolute atomic E-state index is 0.0768. The van der Waals surface area contributed by atoms with E-state index in [9.17, 15) is 4.79 Å². The molecule has 4 aliphatic heterocycles. The van der Waals surface area contributed by atoms with Crippen molar-refractivity contribution in [3.8, 4) is 5.75 Å². The highest BCUT2D eigenvalue weighted by Gasteiger charge is 2.70. The zero-order valence-electron chi connectivity index (χ0n) is 19.7. The van der Waals surface area contributed by atoms with Gasteiger partial charge in [0, 0.05) is 24.4 Å². The zero-order chi connectivity index (χ0) is 23.1. The van der Waals surface area contributed by atoms with Crippen molar-refractivity contribution in [2.75, 3.05) is 52.4 Å². The van der Waals surface area contributed by atoms with Gasteiger partial charge in [0.2, 0.25) is 0 Å². The fourth-order valence-corrected chi connectivity index (χ4v) is 6.78. The van der Waals surface area contributed by atoms with Crippen LogP contribution in [0.2, 0.25) is 0 Å². The third-order valence-corrected chi connectivity index (χ3v) is 8.10. The lowest BCUT2D eigenvalue weighted by atomic mass is 9.67. The topological polar surface area (TPSA) is 78.5 Å². The van der Waals surface area contributed by atoms with E-state index in [-0.39, 0.29) is 18.6 Å². The standard InChI is InChI=1S/C25H34N2O6/c1-4-17-13-27-9-8-24-23-20(6-5-7-21(23)30-3)26-25(24,33-11-10-32-24)22(27)12-19(17)18(14-29-2)15-31-16-28/h5-7,14,16-17,19,22,26H,4,8-13,15H2,1-3H3/t17-,19+,22+,24+,25+/m1/s1. The van der Waals surface area contributed by atoms with Gasteiger partial charge in [-0.2, -0.15) is 0 Å². The number of benzene rings is 1. The second-order valence-electron chi connectivity index (χ2n) is 9.37. The predicted molar refractivity (Wildman–Crippen MR) is 122 cm³/mol. The summed E-state index contributed by atoms with van der Waals surface area (Å²) in [6, 6.07) is 6.17. The van der Waals surface area contributed by atoms with E-state index in [1.54, 1.807) is 20.5 Å². The zero-order valence-corrected chi connectivity index (χ0v) is 19.7. The summed E-state index contributed by atoms with van der Waals surface area (Å²) in [5, 5.41) is 3.78. The first-order valence-electron chi connectivity index (χ1n) is 11.9. The van der Waals surface area contributed by atoms with Crippen LogP contribution in [0, 0.1) is 11.8 Å². The average molecular weight is 459 g/mol. The van der Waals surface area contributed by atoms with Crippen LogP contribution in [-0.4, -0.2) is 70.3 Å². The monoisotopic (exact) mass is 458 g/mol. The second kappa shape index (κ2) is 8.81. The molecule has 3 saturated heterocycles. The Labute approximate surface area is 195 Å². The quantitative estimate of drug-likeness (QED) is 0.494. The largest absolute Gasteiger partial charge is 0.504 e. The van der Waals surface area contributed by atoms with Crippen molar-refractivity contribution in [2.24, 2.45) is 11.8 Å². The summed E-state index contributed by atoms with van der Waals surface area (Å²) < 4.78 is 29.7. The van der Waals surface area contributed by atoms with E-state index in [4.69, 9.17) is 23.7 Å². The molecule has 1 N–H and O–H groups in total. The van der Waals surface area contributed by atoms with Crippen molar-refractivity contribution in [3.63, 3.8) is 0 Å². The molecule has 0 bridgehead atoms. The Balaban J connectivity index is 1.57. The Morgan fingerprint density at radius 2 is 2.15 bits per heavy atom. The van der Waals surface area contributed by atoms with E-state index < -0.39 is 11.3 Å². The molecule has 1 aromatic carbocycles. The smallest absolute Gasteiger partial charge is 0.293 e. The molecule has 8 nitrogen and oxygen atoms in total. The van der Waals surface area contributed by atoms with E-state index in [1.807, 2.05) is 12.1 Å². The fraction of sp³-hybridized carbons (Fsp3) is 0.640. The minimum Gasteiger partial charge on any atom is -0.504 e. The molecule has 5 atom stereocenters. The normalized spacial score (nSPS) is 35.4. The van der Waals surface area contributed by atoms with Gasteiger partial charge in [-0.3, -0.25) is 9.69 Å². The first-order chi connectivity index (χ1) is 16.1. The van der Waals surface area contributed by atoms with E-state index in [0.717, 1.165) is 54.9 Å². The molecule has 8 heteroatoms. The molecule has 0 amide bonds. The predicted octanol–water partition coefficient (Wildman–Crippen LogP) is 2.88. The molecular formula is C25H34N2O6. The fourth-order valence-electron chi connectivity index (χ4n) is 6.78. The number of piperidine rings is 2. The summed E-state index contributed by atoms with van der Waals surface area (Å²) in [7, 11) is 3.35. The molecule has 3 fully saturated rings. The molecule has 4 heterocycles. The third kappa shape index (κ3) is 3.26. The lowest BCUT2D eigenvalue weighted by molar-refractivity contribution is -0.297. The number of carbonyl (C=O) groups is 1. The summed E-state index contributed by atoms with van der Waals surface area (Å²) in [5.41, 5.74) is 1.78. The molecule has 5 rings (SSSR count). The summed E-state index contributed by atoms with van der Waals surface area (Å²) in [6.07, 6.45) is 4.47. The molecule has 0 radical (unpaired) electrons. The van der Waals surface area contributed by atoms with Crippen LogP contribution in [0.15, 0.2) is 30.0 Å². The number of rotatable bonds is 7. The number of hydrogen-bond donors (Lipinski definition) is 1. The van der Waals surface area contributed by atoms with E-state index in [0.29, 0.717) is 25.6 Å². The van der Waals surface area contributed by atoms with E-state index in [2.05, 4.69) is 23.2 Å². The van der Waals surface area contributed by atoms with Crippen molar-refractivity contribution in [1.29, 1.82) is 0 Å². The summed E-state index contributed by atoms with van der Waals surface area (Å²) in [4.78, 5) is 13.5. The van der Waals surface area contributed by atoms with Gasteiger partial charge in [0.05, 0.1) is 45.3 Å². The maximum atomic E-state index is 10.9. The number of anilines is 1. The van der Waals surface area contributed by atoms with Gasteiger partial charge in [0.15, 0.2) is 5.72 Å². The molecule has 33 heavy (non-hydrogen) atoms. The lowest BCUT2D eigenvalue weighted by Gasteiger charge is -2.61.